The summed E-state index contributed by atoms with van der Waals surface area (Å²) < 4.78 is 26.8. The molecule has 10 nitrogen and oxygen atoms in total. The largest absolute Gasteiger partial charge is 0.508 e. The molecule has 0 radical (unpaired) electrons. The maximum Gasteiger partial charge on any atom is 0.161 e. The molecule has 5 N–H and O–H groups in total. The van der Waals surface area contributed by atoms with Crippen LogP contribution in [0.25, 0.3) is 16.6 Å². The van der Waals surface area contributed by atoms with Gasteiger partial charge in [-0.2, -0.15) is 0 Å². The summed E-state index contributed by atoms with van der Waals surface area (Å²) in [7, 11) is 1.68. The number of unbranched alkanes of at least 4 members (excludes halogenated alkanes) is 3. The lowest BCUT2D eigenvalue weighted by atomic mass is 9.68. The van der Waals surface area contributed by atoms with Crippen LogP contribution in [0.1, 0.15) is 85.6 Å². The number of rotatable bonds is 12. The summed E-state index contributed by atoms with van der Waals surface area (Å²) in [5.74, 6) is 1.72. The lowest BCUT2D eigenvalue weighted by Crippen LogP contribution is -2.43. The van der Waals surface area contributed by atoms with Gasteiger partial charge in [-0.25, -0.2) is 0 Å². The zero-order valence-corrected chi connectivity index (χ0v) is 35.4. The van der Waals surface area contributed by atoms with E-state index in [1.54, 1.807) is 25.3 Å². The molecule has 4 aromatic carbocycles. The number of phenolic OH excluding ortho intramolecular Hbond substituents is 2. The van der Waals surface area contributed by atoms with E-state index >= 15 is 0 Å². The van der Waals surface area contributed by atoms with E-state index in [0.29, 0.717) is 57.3 Å². The first-order valence-corrected chi connectivity index (χ1v) is 22.1. The van der Waals surface area contributed by atoms with Crippen molar-refractivity contribution in [3.05, 3.63) is 143 Å². The zero-order chi connectivity index (χ0) is 42.0. The van der Waals surface area contributed by atoms with Gasteiger partial charge in [-0.05, 0) is 116 Å². The number of dihydropyridines is 1. The molecule has 4 bridgehead atoms. The molecule has 322 valence electrons. The van der Waals surface area contributed by atoms with Crippen molar-refractivity contribution >= 4 is 16.6 Å². The minimum Gasteiger partial charge on any atom is -0.508 e. The number of aliphatic hydroxyl groups is 1. The maximum absolute atomic E-state index is 11.4. The first-order valence-electron chi connectivity index (χ1n) is 22.1. The molecule has 0 amide bonds. The van der Waals surface area contributed by atoms with E-state index in [-0.39, 0.29) is 30.0 Å². The Bertz CT molecular complexity index is 2260. The Balaban J connectivity index is 1.13. The number of nitrogens with zero attached hydrogens (tertiary/aromatic N) is 1. The Hall–Kier alpha value is -5.10. The molecule has 3 unspecified atom stereocenters. The third kappa shape index (κ3) is 10.5. The number of benzene rings is 4. The molecular formula is C51H61N3O7. The summed E-state index contributed by atoms with van der Waals surface area (Å²) in [5, 5.41) is 41.4. The topological polar surface area (TPSA) is 127 Å². The molecule has 8 rings (SSSR count). The minimum absolute atomic E-state index is 0.0907. The van der Waals surface area contributed by atoms with Crippen molar-refractivity contribution in [1.82, 2.24) is 15.2 Å². The summed E-state index contributed by atoms with van der Waals surface area (Å²) >= 11 is 0. The molecule has 0 spiro atoms. The fraction of sp³-hybridized carbons (Fsp3) is 0.412. The Morgan fingerprint density at radius 3 is 2.52 bits per heavy atom. The first-order chi connectivity index (χ1) is 29.9. The lowest BCUT2D eigenvalue weighted by Gasteiger charge is -2.39. The number of ether oxygens (including phenoxy) is 4. The molecule has 3 aliphatic heterocycles. The molecule has 3 atom stereocenters. The predicted octanol–water partition coefficient (Wildman–Crippen LogP) is 8.85. The van der Waals surface area contributed by atoms with Crippen LogP contribution < -0.4 is 15.4 Å². The van der Waals surface area contributed by atoms with E-state index < -0.39 is 6.10 Å². The highest BCUT2D eigenvalue weighted by Gasteiger charge is 2.37. The van der Waals surface area contributed by atoms with E-state index in [9.17, 15) is 15.3 Å². The normalized spacial score (nSPS) is 20.7. The Labute approximate surface area is 359 Å². The minimum atomic E-state index is -0.558. The summed E-state index contributed by atoms with van der Waals surface area (Å²) in [6.45, 7) is 2.38. The lowest BCUT2D eigenvalue weighted by molar-refractivity contribution is 0.0171. The van der Waals surface area contributed by atoms with E-state index in [4.69, 9.17) is 18.9 Å². The number of hydrogen-bond acceptors (Lipinski definition) is 9. The van der Waals surface area contributed by atoms with Crippen molar-refractivity contribution in [2.45, 2.75) is 101 Å². The number of aromatic hydroxyl groups is 2. The molecule has 5 aromatic rings. The van der Waals surface area contributed by atoms with E-state index in [1.807, 2.05) is 24.3 Å². The Kier molecular flexibility index (Phi) is 14.1. The van der Waals surface area contributed by atoms with Gasteiger partial charge in [-0.15, -0.1) is 0 Å². The smallest absolute Gasteiger partial charge is 0.161 e. The highest BCUT2D eigenvalue weighted by Crippen LogP contribution is 2.43. The van der Waals surface area contributed by atoms with Crippen molar-refractivity contribution < 1.29 is 34.3 Å². The maximum atomic E-state index is 11.4. The van der Waals surface area contributed by atoms with Gasteiger partial charge in [0.2, 0.25) is 0 Å². The molecule has 0 aliphatic carbocycles. The number of nitrogens with one attached hydrogen (secondary N) is 2. The first kappa shape index (κ1) is 42.6. The number of aromatic nitrogens is 1. The molecule has 1 saturated heterocycles. The second-order valence-electron chi connectivity index (χ2n) is 16.9. The van der Waals surface area contributed by atoms with E-state index in [1.165, 1.54) is 16.7 Å². The number of aryl methyl sites for hydroxylation is 2. The van der Waals surface area contributed by atoms with Crippen LogP contribution in [-0.4, -0.2) is 71.9 Å². The van der Waals surface area contributed by atoms with Crippen molar-refractivity contribution in [2.75, 3.05) is 33.7 Å². The SMILES string of the molecule is COCNC1C=CC2=C(N1)n1cc3cc(C4(c5ccccc5)CCOCC4)cc(c3c1)COc1cc(ccc1O)CCC(O)CC(CCCCCCc1ccc(O)cc1)OC2. The molecule has 10 heteroatoms. The van der Waals surface area contributed by atoms with Gasteiger partial charge in [0.25, 0.3) is 0 Å². The van der Waals surface area contributed by atoms with Crippen LogP contribution in [0, 0.1) is 0 Å². The van der Waals surface area contributed by atoms with Crippen LogP contribution in [0.3, 0.4) is 0 Å². The van der Waals surface area contributed by atoms with Crippen LogP contribution in [0.15, 0.2) is 115 Å². The van der Waals surface area contributed by atoms with Crippen molar-refractivity contribution in [3.8, 4) is 17.2 Å². The number of methoxy groups -OCH3 is 1. The van der Waals surface area contributed by atoms with Gasteiger partial charge in [0.15, 0.2) is 11.5 Å². The van der Waals surface area contributed by atoms with Gasteiger partial charge < -0.3 is 44.2 Å². The summed E-state index contributed by atoms with van der Waals surface area (Å²) in [4.78, 5) is 0. The van der Waals surface area contributed by atoms with Crippen LogP contribution in [0.4, 0.5) is 0 Å². The Morgan fingerprint density at radius 1 is 0.885 bits per heavy atom. The highest BCUT2D eigenvalue weighted by atomic mass is 16.5. The average molecular weight is 828 g/mol. The molecule has 1 aromatic heterocycles. The summed E-state index contributed by atoms with van der Waals surface area (Å²) in [6.07, 6.45) is 17.3. The van der Waals surface area contributed by atoms with Gasteiger partial charge in [-0.1, -0.05) is 79.9 Å². The second kappa shape index (κ2) is 20.2. The summed E-state index contributed by atoms with van der Waals surface area (Å²) in [6, 6.07) is 28.4. The van der Waals surface area contributed by atoms with Gasteiger partial charge >= 0.3 is 0 Å². The third-order valence-electron chi connectivity index (χ3n) is 12.7. The number of aliphatic hydroxyl groups excluding tert-OH is 1. The standard InChI is InChI=1S/C51H61N3O7/c1-58-35-52-49-22-17-38-33-60-45(12-8-3-2-5-9-36-13-18-43(55)19-14-36)30-44(56)20-15-37-16-21-47(57)48(27-37)61-34-40-29-42(28-39-31-54(32-46(39)40)50(38)53-49)51(23-25-59-26-24-51)41-10-6-4-7-11-41/h4,6-7,10-11,13-14,16-19,21-22,27-29,31-32,44-45,49,52-53,55-57H,2-3,5,8-9,12,15,20,23-26,30,33-35H2,1H3. The predicted molar refractivity (Wildman–Crippen MR) is 240 cm³/mol. The number of phenols is 2. The van der Waals surface area contributed by atoms with Crippen LogP contribution >= 0.6 is 0 Å². The fourth-order valence-corrected chi connectivity index (χ4v) is 9.24. The molecule has 1 fully saturated rings. The van der Waals surface area contributed by atoms with Gasteiger partial charge in [0.1, 0.15) is 18.2 Å². The van der Waals surface area contributed by atoms with Crippen LogP contribution in [0.2, 0.25) is 0 Å². The fourth-order valence-electron chi connectivity index (χ4n) is 9.24. The van der Waals surface area contributed by atoms with Crippen molar-refractivity contribution in [1.29, 1.82) is 0 Å². The van der Waals surface area contributed by atoms with Gasteiger partial charge in [-0.3, -0.25) is 5.32 Å². The summed E-state index contributed by atoms with van der Waals surface area (Å²) in [5.41, 5.74) is 6.54. The van der Waals surface area contributed by atoms with E-state index in [0.717, 1.165) is 84.7 Å². The average Bonchev–Trinajstić information content (AvgIpc) is 3.73. The van der Waals surface area contributed by atoms with Crippen molar-refractivity contribution in [3.63, 3.8) is 0 Å². The number of hydrogen-bond donors (Lipinski definition) is 5. The molecule has 0 saturated carbocycles. The number of fused-ring (bicyclic) bond motifs is 4. The molecule has 3 aliphatic rings. The Morgan fingerprint density at radius 2 is 1.70 bits per heavy atom. The monoisotopic (exact) mass is 827 g/mol. The molecule has 61 heavy (non-hydrogen) atoms. The quantitative estimate of drug-likeness (QED) is 0.0620. The molecular weight excluding hydrogens is 767 g/mol. The molecule has 4 heterocycles. The second-order valence-corrected chi connectivity index (χ2v) is 16.9. The van der Waals surface area contributed by atoms with E-state index in [2.05, 4.69) is 82.2 Å². The van der Waals surface area contributed by atoms with Crippen LogP contribution in [-0.2, 0) is 39.1 Å². The zero-order valence-electron chi connectivity index (χ0n) is 35.4. The third-order valence-corrected chi connectivity index (χ3v) is 12.7. The van der Waals surface area contributed by atoms with Crippen LogP contribution in [0.5, 0.6) is 17.2 Å². The van der Waals surface area contributed by atoms with Crippen molar-refractivity contribution in [2.24, 2.45) is 0 Å². The van der Waals surface area contributed by atoms with Gasteiger partial charge in [0, 0.05) is 54.5 Å². The van der Waals surface area contributed by atoms with Gasteiger partial charge in [0.05, 0.1) is 31.7 Å². The highest BCUT2D eigenvalue weighted by molar-refractivity contribution is 5.88.